The molecule has 11 nitrogen and oxygen atoms in total. The van der Waals surface area contributed by atoms with Gasteiger partial charge in [-0.2, -0.15) is 0 Å². The molecule has 0 saturated carbocycles. The molecular weight excluding hydrogens is 368 g/mol. The van der Waals surface area contributed by atoms with E-state index in [1.165, 1.54) is 0 Å². The van der Waals surface area contributed by atoms with Gasteiger partial charge in [0.15, 0.2) is 0 Å². The summed E-state index contributed by atoms with van der Waals surface area (Å²) in [5.41, 5.74) is 0. The summed E-state index contributed by atoms with van der Waals surface area (Å²) >= 11 is -11.5. The standard InChI is InChI=1S/2C4H4N2.2Cr.2H2O.5O/c2*1-2-6-4-3-5-1;;;;;;;;;/h2*1-4H;;;2*1H2;;;;;/q;;2*+1;;;;;;;/p-2. The second kappa shape index (κ2) is 10.1. The first kappa shape index (κ1) is 19.3. The fourth-order valence-corrected chi connectivity index (χ4v) is 2.35. The molecule has 2 N–H and O–H groups in total. The van der Waals surface area contributed by atoms with Crippen LogP contribution in [0.5, 0.6) is 0 Å². The van der Waals surface area contributed by atoms with Crippen molar-refractivity contribution in [3.63, 3.8) is 0 Å². The Hall–Kier alpha value is -1.70. The summed E-state index contributed by atoms with van der Waals surface area (Å²) in [5, 5.41) is 0. The number of rotatable bonds is 2. The van der Waals surface area contributed by atoms with E-state index in [-0.39, 0.29) is 0 Å². The molecule has 0 atom stereocenters. The molecule has 0 spiro atoms. The maximum atomic E-state index is 9.53. The van der Waals surface area contributed by atoms with Crippen LogP contribution < -0.4 is 0 Å². The summed E-state index contributed by atoms with van der Waals surface area (Å²) < 4.78 is 56.3. The Balaban J connectivity index is 0.000000293. The van der Waals surface area contributed by atoms with Crippen molar-refractivity contribution < 1.29 is 53.6 Å². The Labute approximate surface area is 123 Å². The van der Waals surface area contributed by atoms with Gasteiger partial charge in [-0.25, -0.2) is 0 Å². The van der Waals surface area contributed by atoms with Crippen LogP contribution in [-0.2, 0) is 45.3 Å². The molecule has 0 fully saturated rings. The first-order chi connectivity index (χ1) is 9.71. The van der Waals surface area contributed by atoms with E-state index in [0.717, 1.165) is 0 Å². The molecule has 2 rings (SSSR count). The maximum absolute atomic E-state index is 9.53. The predicted molar refractivity (Wildman–Crippen MR) is 52.3 cm³/mol. The van der Waals surface area contributed by atoms with Crippen LogP contribution in [0.1, 0.15) is 0 Å². The van der Waals surface area contributed by atoms with Crippen LogP contribution in [0, 0.1) is 0 Å². The van der Waals surface area contributed by atoms with Crippen LogP contribution >= 0.6 is 0 Å². The Bertz CT molecular complexity index is 564. The van der Waals surface area contributed by atoms with Crippen molar-refractivity contribution >= 4 is 0 Å². The molecule has 116 valence electrons. The van der Waals surface area contributed by atoms with Crippen LogP contribution in [0.2, 0.25) is 0 Å². The minimum Gasteiger partial charge on any atom is -0.262 e. The number of hydrogen-bond acceptors (Lipinski definition) is 9. The molecule has 0 aliphatic carbocycles. The first-order valence-corrected chi connectivity index (χ1v) is 9.03. The number of hydrogen-bond donors (Lipinski definition) is 2. The quantitative estimate of drug-likeness (QED) is 0.677. The zero-order valence-electron chi connectivity index (χ0n) is 10.2. The van der Waals surface area contributed by atoms with Gasteiger partial charge in [-0.3, -0.25) is 19.9 Å². The number of aromatic nitrogens is 4. The van der Waals surface area contributed by atoms with E-state index in [2.05, 4.69) is 22.8 Å². The van der Waals surface area contributed by atoms with Crippen molar-refractivity contribution in [2.24, 2.45) is 0 Å². The minimum absolute atomic E-state index is 1.64. The Morgan fingerprint density at radius 2 is 0.762 bits per heavy atom. The van der Waals surface area contributed by atoms with Gasteiger partial charge in [0.05, 0.1) is 0 Å². The van der Waals surface area contributed by atoms with Gasteiger partial charge in [0.1, 0.15) is 0 Å². The summed E-state index contributed by atoms with van der Waals surface area (Å²) in [6.07, 6.45) is 13.1. The van der Waals surface area contributed by atoms with Crippen LogP contribution in [-0.4, -0.2) is 28.3 Å². The predicted octanol–water partition coefficient (Wildman–Crippen LogP) is -0.709. The third-order valence-corrected chi connectivity index (χ3v) is 3.88. The molecule has 0 aromatic carbocycles. The van der Waals surface area contributed by atoms with Crippen molar-refractivity contribution in [1.29, 1.82) is 0 Å². The average Bonchev–Trinajstić information content (AvgIpc) is 2.40. The molecule has 0 saturated heterocycles. The normalized spacial score (nSPS) is 10.4. The van der Waals surface area contributed by atoms with E-state index in [1.54, 1.807) is 49.6 Å². The van der Waals surface area contributed by atoms with Crippen molar-refractivity contribution in [2.75, 3.05) is 0 Å². The van der Waals surface area contributed by atoms with Crippen LogP contribution in [0.25, 0.3) is 0 Å². The van der Waals surface area contributed by atoms with E-state index in [1.807, 2.05) is 0 Å². The third kappa shape index (κ3) is 18.3. The second-order valence-corrected chi connectivity index (χ2v) is 6.47. The van der Waals surface area contributed by atoms with E-state index >= 15 is 0 Å². The fourth-order valence-electron chi connectivity index (χ4n) is 0.615. The van der Waals surface area contributed by atoms with Crippen molar-refractivity contribution in [1.82, 2.24) is 19.9 Å². The zero-order valence-corrected chi connectivity index (χ0v) is 12.7. The third-order valence-electron chi connectivity index (χ3n) is 1.13. The average molecular weight is 378 g/mol. The molecule has 0 amide bonds. The van der Waals surface area contributed by atoms with Gasteiger partial charge in [-0.05, 0) is 0 Å². The smallest absolute Gasteiger partial charge is 0.0451 e. The van der Waals surface area contributed by atoms with Crippen LogP contribution in [0.4, 0.5) is 0 Å². The van der Waals surface area contributed by atoms with E-state index in [9.17, 15) is 15.2 Å². The molecule has 2 aromatic rings. The minimum atomic E-state index is -5.76. The molecule has 0 radical (unpaired) electrons. The molecule has 0 bridgehead atoms. The zero-order chi connectivity index (χ0) is 16.2. The van der Waals surface area contributed by atoms with Crippen LogP contribution in [0.15, 0.2) is 49.6 Å². The second-order valence-electron chi connectivity index (χ2n) is 2.71. The van der Waals surface area contributed by atoms with Crippen LogP contribution in [0.3, 0.4) is 0 Å². The van der Waals surface area contributed by atoms with Gasteiger partial charge >= 0.3 is 53.6 Å². The van der Waals surface area contributed by atoms with Gasteiger partial charge in [0.25, 0.3) is 0 Å². The monoisotopic (exact) mass is 378 g/mol. The molecule has 2 aromatic heterocycles. The Morgan fingerprint density at radius 1 is 0.571 bits per heavy atom. The van der Waals surface area contributed by atoms with E-state index in [0.29, 0.717) is 0 Å². The molecule has 0 aliphatic heterocycles. The topological polar surface area (TPSA) is 170 Å². The van der Waals surface area contributed by atoms with E-state index < -0.39 is 27.2 Å². The SMILES string of the molecule is [O]=[Cr](=[O])([OH])[O][Cr](=[O])(=[O])[OH].c1cnccn1.c1cnccn1. The van der Waals surface area contributed by atoms with Gasteiger partial charge in [0, 0.05) is 49.6 Å². The largest absolute Gasteiger partial charge is 0.262 e. The maximum Gasteiger partial charge on any atom is 0.0451 e. The Morgan fingerprint density at radius 3 is 0.810 bits per heavy atom. The van der Waals surface area contributed by atoms with Gasteiger partial charge in [-0.1, -0.05) is 0 Å². The van der Waals surface area contributed by atoms with E-state index in [4.69, 9.17) is 8.32 Å². The molecule has 0 aliphatic rings. The summed E-state index contributed by atoms with van der Waals surface area (Å²) in [6.45, 7) is 0. The summed E-state index contributed by atoms with van der Waals surface area (Å²) in [4.78, 5) is 14.9. The van der Waals surface area contributed by atoms with Gasteiger partial charge in [0.2, 0.25) is 0 Å². The summed E-state index contributed by atoms with van der Waals surface area (Å²) in [5.74, 6) is 0. The van der Waals surface area contributed by atoms with Gasteiger partial charge in [-0.15, -0.1) is 0 Å². The molecule has 13 heteroatoms. The first-order valence-electron chi connectivity index (χ1n) is 4.76. The van der Waals surface area contributed by atoms with Crippen molar-refractivity contribution in [2.45, 2.75) is 0 Å². The molecule has 0 unspecified atom stereocenters. The number of nitrogens with zero attached hydrogens (tertiary/aromatic N) is 4. The molecule has 2 heterocycles. The molecular formula is C8H10Cr2N4O7. The fraction of sp³-hybridized carbons (Fsp3) is 0. The Kier molecular flexibility index (Phi) is 9.28. The molecule has 21 heavy (non-hydrogen) atoms. The van der Waals surface area contributed by atoms with Crippen molar-refractivity contribution in [3.8, 4) is 0 Å². The summed E-state index contributed by atoms with van der Waals surface area (Å²) in [6, 6.07) is 0. The van der Waals surface area contributed by atoms with Gasteiger partial charge < -0.3 is 0 Å². The summed E-state index contributed by atoms with van der Waals surface area (Å²) in [7, 11) is 0. The van der Waals surface area contributed by atoms with Crippen molar-refractivity contribution in [3.05, 3.63) is 49.6 Å².